The first-order valence-corrected chi connectivity index (χ1v) is 7.35. The summed E-state index contributed by atoms with van der Waals surface area (Å²) in [7, 11) is 0. The number of fused-ring (bicyclic) bond motifs is 1. The normalized spacial score (nSPS) is 26.4. The Bertz CT molecular complexity index is 482. The third-order valence-electron chi connectivity index (χ3n) is 3.96. The largest absolute Gasteiger partial charge is 0.489 e. The van der Waals surface area contributed by atoms with E-state index in [4.69, 9.17) is 9.47 Å². The molecule has 2 unspecified atom stereocenters. The molecule has 0 aliphatic carbocycles. The molecule has 0 aromatic heterocycles. The molecule has 0 spiro atoms. The summed E-state index contributed by atoms with van der Waals surface area (Å²) < 4.78 is 11.3. The van der Waals surface area contributed by atoms with E-state index in [2.05, 4.69) is 0 Å². The molecule has 1 fully saturated rings. The van der Waals surface area contributed by atoms with Gasteiger partial charge in [-0.2, -0.15) is 0 Å². The monoisotopic (exact) mass is 275 g/mol. The Labute approximate surface area is 119 Å². The molecule has 1 aromatic rings. The van der Waals surface area contributed by atoms with Crippen LogP contribution in [-0.2, 0) is 16.1 Å². The Hall–Kier alpha value is -1.55. The lowest BCUT2D eigenvalue weighted by Crippen LogP contribution is -2.42. The van der Waals surface area contributed by atoms with Gasteiger partial charge < -0.3 is 14.4 Å². The van der Waals surface area contributed by atoms with E-state index in [1.807, 2.05) is 36.1 Å². The number of ether oxygens (including phenoxy) is 2. The number of hydrogen-bond acceptors (Lipinski definition) is 3. The fraction of sp³-hybridized carbons (Fsp3) is 0.562. The second-order valence-electron chi connectivity index (χ2n) is 5.67. The average Bonchev–Trinajstić information content (AvgIpc) is 2.65. The van der Waals surface area contributed by atoms with Gasteiger partial charge in [0.05, 0.1) is 19.1 Å². The fourth-order valence-corrected chi connectivity index (χ4v) is 2.95. The van der Waals surface area contributed by atoms with Gasteiger partial charge in [0.2, 0.25) is 5.91 Å². The van der Waals surface area contributed by atoms with Gasteiger partial charge in [0.1, 0.15) is 11.9 Å². The van der Waals surface area contributed by atoms with Gasteiger partial charge in [-0.1, -0.05) is 18.2 Å². The van der Waals surface area contributed by atoms with Gasteiger partial charge in [-0.25, -0.2) is 0 Å². The van der Waals surface area contributed by atoms with Crippen molar-refractivity contribution < 1.29 is 14.3 Å². The van der Waals surface area contributed by atoms with Crippen LogP contribution in [0.4, 0.5) is 0 Å². The third kappa shape index (κ3) is 2.80. The second kappa shape index (κ2) is 5.83. The molecule has 2 aliphatic heterocycles. The van der Waals surface area contributed by atoms with Gasteiger partial charge in [0, 0.05) is 18.7 Å². The molecule has 3 rings (SSSR count). The topological polar surface area (TPSA) is 38.8 Å². The summed E-state index contributed by atoms with van der Waals surface area (Å²) in [5, 5.41) is 0. The smallest absolute Gasteiger partial charge is 0.228 e. The van der Waals surface area contributed by atoms with Crippen molar-refractivity contribution >= 4 is 5.91 Å². The fourth-order valence-electron chi connectivity index (χ4n) is 2.95. The standard InChI is InChI=1S/C16H21NO3/c1-12-9-17(16(18)14-6-4-8-19-11-14)10-13-5-2-3-7-15(13)20-12/h2-3,5,7,12,14H,4,6,8-11H2,1H3. The SMILES string of the molecule is CC1CN(C(=O)C2CCCOC2)Cc2ccccc2O1. The third-order valence-corrected chi connectivity index (χ3v) is 3.96. The van der Waals surface area contributed by atoms with E-state index < -0.39 is 0 Å². The summed E-state index contributed by atoms with van der Waals surface area (Å²) in [6.45, 7) is 4.64. The zero-order valence-corrected chi connectivity index (χ0v) is 11.9. The molecule has 0 N–H and O–H groups in total. The molecule has 2 heterocycles. The van der Waals surface area contributed by atoms with Crippen molar-refractivity contribution in [1.82, 2.24) is 4.90 Å². The average molecular weight is 275 g/mol. The van der Waals surface area contributed by atoms with Crippen molar-refractivity contribution in [3.8, 4) is 5.75 Å². The Morgan fingerprint density at radius 1 is 1.35 bits per heavy atom. The summed E-state index contributed by atoms with van der Waals surface area (Å²) in [5.41, 5.74) is 1.09. The first-order valence-electron chi connectivity index (χ1n) is 7.35. The highest BCUT2D eigenvalue weighted by atomic mass is 16.5. The lowest BCUT2D eigenvalue weighted by atomic mass is 10.00. The van der Waals surface area contributed by atoms with Crippen molar-refractivity contribution in [1.29, 1.82) is 0 Å². The zero-order valence-electron chi connectivity index (χ0n) is 11.9. The minimum absolute atomic E-state index is 0.0150. The van der Waals surface area contributed by atoms with Crippen molar-refractivity contribution in [3.05, 3.63) is 29.8 Å². The molecule has 0 radical (unpaired) electrons. The van der Waals surface area contributed by atoms with Crippen molar-refractivity contribution in [2.45, 2.75) is 32.4 Å². The molecule has 20 heavy (non-hydrogen) atoms. The van der Waals surface area contributed by atoms with Crippen LogP contribution in [-0.4, -0.2) is 36.7 Å². The Kier molecular flexibility index (Phi) is 3.92. The predicted octanol–water partition coefficient (Wildman–Crippen LogP) is 2.22. The van der Waals surface area contributed by atoms with Gasteiger partial charge in [-0.05, 0) is 25.8 Å². The van der Waals surface area contributed by atoms with Crippen molar-refractivity contribution in [3.63, 3.8) is 0 Å². The van der Waals surface area contributed by atoms with Gasteiger partial charge in [0.25, 0.3) is 0 Å². The molecule has 4 heteroatoms. The number of para-hydroxylation sites is 1. The minimum atomic E-state index is 0.0150. The van der Waals surface area contributed by atoms with Gasteiger partial charge >= 0.3 is 0 Å². The van der Waals surface area contributed by atoms with E-state index in [9.17, 15) is 4.79 Å². The molecular formula is C16H21NO3. The Balaban J connectivity index is 1.77. The molecule has 0 saturated carbocycles. The highest BCUT2D eigenvalue weighted by Gasteiger charge is 2.30. The summed E-state index contributed by atoms with van der Waals surface area (Å²) in [5.74, 6) is 1.12. The molecule has 1 amide bonds. The quantitative estimate of drug-likeness (QED) is 0.789. The van der Waals surface area contributed by atoms with E-state index in [0.29, 0.717) is 19.7 Å². The molecule has 1 saturated heterocycles. The molecular weight excluding hydrogens is 254 g/mol. The van der Waals surface area contributed by atoms with Crippen LogP contribution in [0.3, 0.4) is 0 Å². The summed E-state index contributed by atoms with van der Waals surface area (Å²) in [6, 6.07) is 7.97. The molecule has 108 valence electrons. The highest BCUT2D eigenvalue weighted by molar-refractivity contribution is 5.79. The summed E-state index contributed by atoms with van der Waals surface area (Å²) in [6.07, 6.45) is 1.94. The van der Waals surface area contributed by atoms with Gasteiger partial charge in [-0.3, -0.25) is 4.79 Å². The van der Waals surface area contributed by atoms with E-state index >= 15 is 0 Å². The van der Waals surface area contributed by atoms with Crippen LogP contribution in [0, 0.1) is 5.92 Å². The summed E-state index contributed by atoms with van der Waals surface area (Å²) >= 11 is 0. The second-order valence-corrected chi connectivity index (χ2v) is 5.67. The molecule has 0 bridgehead atoms. The molecule has 1 aromatic carbocycles. The first-order chi connectivity index (χ1) is 9.74. The van der Waals surface area contributed by atoms with Crippen LogP contribution in [0.15, 0.2) is 24.3 Å². The first kappa shape index (κ1) is 13.4. The lowest BCUT2D eigenvalue weighted by molar-refractivity contribution is -0.141. The Morgan fingerprint density at radius 2 is 2.20 bits per heavy atom. The van der Waals surface area contributed by atoms with Crippen LogP contribution in [0.1, 0.15) is 25.3 Å². The maximum Gasteiger partial charge on any atom is 0.228 e. The number of amides is 1. The number of hydrogen-bond donors (Lipinski definition) is 0. The maximum absolute atomic E-state index is 12.7. The molecule has 4 nitrogen and oxygen atoms in total. The molecule has 2 aliphatic rings. The van der Waals surface area contributed by atoms with E-state index in [0.717, 1.165) is 30.8 Å². The number of nitrogens with zero attached hydrogens (tertiary/aromatic N) is 1. The minimum Gasteiger partial charge on any atom is -0.489 e. The van der Waals surface area contributed by atoms with Crippen LogP contribution in [0.2, 0.25) is 0 Å². The van der Waals surface area contributed by atoms with E-state index in [1.54, 1.807) is 0 Å². The van der Waals surface area contributed by atoms with E-state index in [1.165, 1.54) is 0 Å². The maximum atomic E-state index is 12.7. The predicted molar refractivity (Wildman–Crippen MR) is 75.5 cm³/mol. The van der Waals surface area contributed by atoms with Crippen LogP contribution in [0.5, 0.6) is 5.75 Å². The van der Waals surface area contributed by atoms with E-state index in [-0.39, 0.29) is 17.9 Å². The number of benzene rings is 1. The van der Waals surface area contributed by atoms with Gasteiger partial charge in [-0.15, -0.1) is 0 Å². The Morgan fingerprint density at radius 3 is 3.00 bits per heavy atom. The summed E-state index contributed by atoms with van der Waals surface area (Å²) in [4.78, 5) is 14.6. The van der Waals surface area contributed by atoms with Crippen molar-refractivity contribution in [2.75, 3.05) is 19.8 Å². The zero-order chi connectivity index (χ0) is 13.9. The highest BCUT2D eigenvalue weighted by Crippen LogP contribution is 2.26. The van der Waals surface area contributed by atoms with Crippen LogP contribution >= 0.6 is 0 Å². The lowest BCUT2D eigenvalue weighted by Gasteiger charge is -2.29. The van der Waals surface area contributed by atoms with Crippen molar-refractivity contribution in [2.24, 2.45) is 5.92 Å². The number of carbonyl (C=O) groups is 1. The molecule has 2 atom stereocenters. The van der Waals surface area contributed by atoms with Gasteiger partial charge in [0.15, 0.2) is 0 Å². The number of rotatable bonds is 1. The number of carbonyl (C=O) groups excluding carboxylic acids is 1. The van der Waals surface area contributed by atoms with Crippen LogP contribution < -0.4 is 4.74 Å². The van der Waals surface area contributed by atoms with Crippen LogP contribution in [0.25, 0.3) is 0 Å².